The van der Waals surface area contributed by atoms with E-state index >= 15 is 0 Å². The van der Waals surface area contributed by atoms with Gasteiger partial charge in [0.15, 0.2) is 11.0 Å². The molecule has 2 heterocycles. The van der Waals surface area contributed by atoms with Crippen LogP contribution in [0.1, 0.15) is 18.9 Å². The number of amidine groups is 1. The molecule has 0 aliphatic carbocycles. The molecule has 24 heavy (non-hydrogen) atoms. The van der Waals surface area contributed by atoms with Crippen molar-refractivity contribution in [3.8, 4) is 0 Å². The molecule has 0 radical (unpaired) electrons. The van der Waals surface area contributed by atoms with Crippen LogP contribution in [0.3, 0.4) is 0 Å². The second kappa shape index (κ2) is 7.65. The van der Waals surface area contributed by atoms with E-state index in [-0.39, 0.29) is 12.2 Å². The smallest absolute Gasteiger partial charge is 0.164 e. The van der Waals surface area contributed by atoms with E-state index in [9.17, 15) is 15.0 Å². The van der Waals surface area contributed by atoms with Crippen LogP contribution in [0.15, 0.2) is 35.3 Å². The Bertz CT molecular complexity index is 610. The summed E-state index contributed by atoms with van der Waals surface area (Å²) < 4.78 is 5.78. The second-order valence-corrected chi connectivity index (χ2v) is 7.01. The molecule has 1 aromatic carbocycles. The lowest BCUT2D eigenvalue weighted by Gasteiger charge is -2.38. The molecule has 130 valence electrons. The minimum Gasteiger partial charge on any atom is -0.388 e. The molecular formula is C17H22N2O4S. The predicted molar refractivity (Wildman–Crippen MR) is 92.9 cm³/mol. The average Bonchev–Trinajstić information content (AvgIpc) is 3.00. The Morgan fingerprint density at radius 1 is 1.29 bits per heavy atom. The maximum Gasteiger partial charge on any atom is 0.164 e. The Hall–Kier alpha value is -1.41. The van der Waals surface area contributed by atoms with Crippen LogP contribution < -0.4 is 5.32 Å². The summed E-state index contributed by atoms with van der Waals surface area (Å²) in [6.07, 6.45) is -2.44. The summed E-state index contributed by atoms with van der Waals surface area (Å²) in [7, 11) is 0. The number of carbonyl (C=O) groups is 1. The van der Waals surface area contributed by atoms with Gasteiger partial charge in [-0.25, -0.2) is 0 Å². The van der Waals surface area contributed by atoms with Gasteiger partial charge in [0.05, 0.1) is 6.04 Å². The van der Waals surface area contributed by atoms with Gasteiger partial charge >= 0.3 is 0 Å². The number of aliphatic hydroxyl groups is 2. The highest BCUT2D eigenvalue weighted by molar-refractivity contribution is 8.14. The largest absolute Gasteiger partial charge is 0.388 e. The number of nitrogens with zero attached hydrogens (tertiary/aromatic N) is 1. The Morgan fingerprint density at radius 2 is 2.04 bits per heavy atom. The third kappa shape index (κ3) is 3.64. The van der Waals surface area contributed by atoms with Crippen LogP contribution in [0.4, 0.5) is 0 Å². The third-order valence-electron chi connectivity index (χ3n) is 4.24. The molecule has 0 saturated carbocycles. The molecule has 0 amide bonds. The first-order valence-corrected chi connectivity index (χ1v) is 9.04. The Kier molecular flexibility index (Phi) is 5.55. The lowest BCUT2D eigenvalue weighted by molar-refractivity contribution is -0.171. The van der Waals surface area contributed by atoms with Gasteiger partial charge in [0.2, 0.25) is 0 Å². The van der Waals surface area contributed by atoms with Gasteiger partial charge in [0, 0.05) is 13.0 Å². The van der Waals surface area contributed by atoms with Crippen LogP contribution in [0.25, 0.3) is 0 Å². The Balaban J connectivity index is 1.63. The van der Waals surface area contributed by atoms with E-state index in [2.05, 4.69) is 10.3 Å². The van der Waals surface area contributed by atoms with E-state index in [1.54, 1.807) is 0 Å². The molecule has 0 aromatic heterocycles. The minimum atomic E-state index is -1.23. The molecule has 7 heteroatoms. The number of thioether (sulfide) groups is 1. The number of nitrogens with one attached hydrogen (secondary N) is 1. The number of aryl methyl sites for hydroxylation is 1. The predicted octanol–water partition coefficient (Wildman–Crippen LogP) is 0.716. The number of hydrogen-bond acceptors (Lipinski definition) is 6. The van der Waals surface area contributed by atoms with Crippen molar-refractivity contribution in [3.63, 3.8) is 0 Å². The van der Waals surface area contributed by atoms with Gasteiger partial charge in [0.25, 0.3) is 0 Å². The summed E-state index contributed by atoms with van der Waals surface area (Å²) in [6, 6.07) is 9.25. The van der Waals surface area contributed by atoms with Crippen LogP contribution in [0.2, 0.25) is 0 Å². The first-order valence-electron chi connectivity index (χ1n) is 8.16. The van der Waals surface area contributed by atoms with Gasteiger partial charge in [-0.2, -0.15) is 0 Å². The molecule has 1 aromatic rings. The number of Topliss-reactive ketones (excluding diaryl/α,β-unsaturated/α-hetero) is 1. The highest BCUT2D eigenvalue weighted by Gasteiger charge is 2.50. The third-order valence-corrected chi connectivity index (χ3v) is 5.35. The van der Waals surface area contributed by atoms with Crippen LogP contribution in [0.5, 0.6) is 0 Å². The molecule has 5 atom stereocenters. The van der Waals surface area contributed by atoms with Crippen molar-refractivity contribution in [3.05, 3.63) is 35.9 Å². The second-order valence-electron chi connectivity index (χ2n) is 5.93. The number of fused-ring (bicyclic) bond motifs is 1. The lowest BCUT2D eigenvalue weighted by atomic mass is 9.93. The van der Waals surface area contributed by atoms with Gasteiger partial charge in [-0.15, -0.1) is 0 Å². The maximum atomic E-state index is 12.5. The quantitative estimate of drug-likeness (QED) is 0.725. The molecule has 0 spiro atoms. The van der Waals surface area contributed by atoms with Crippen molar-refractivity contribution in [2.75, 3.05) is 6.54 Å². The molecule has 0 bridgehead atoms. The molecule has 3 N–H and O–H groups in total. The standard InChI is InChI=1S/C17H22N2O4S/c1-2-18-17-19-12-13(21)14(22)15(23-16(12)24-17)11(20)9-8-10-6-4-3-5-7-10/h3-7,12-16,21-22H,2,8-9H2,1H3,(H,18,19)/t12-,13-,14-,15-,16-/m1/s1. The van der Waals surface area contributed by atoms with Gasteiger partial charge in [-0.3, -0.25) is 9.79 Å². The molecule has 2 aliphatic heterocycles. The van der Waals surface area contributed by atoms with Crippen LogP contribution in [-0.2, 0) is 16.0 Å². The summed E-state index contributed by atoms with van der Waals surface area (Å²) >= 11 is 1.35. The van der Waals surface area contributed by atoms with Gasteiger partial charge in [-0.1, -0.05) is 42.1 Å². The van der Waals surface area contributed by atoms with Gasteiger partial charge < -0.3 is 20.3 Å². The van der Waals surface area contributed by atoms with Gasteiger partial charge in [-0.05, 0) is 18.9 Å². The first-order chi connectivity index (χ1) is 11.6. The van der Waals surface area contributed by atoms with E-state index in [0.717, 1.165) is 5.56 Å². The molecule has 6 nitrogen and oxygen atoms in total. The average molecular weight is 350 g/mol. The van der Waals surface area contributed by atoms with Crippen LogP contribution >= 0.6 is 11.8 Å². The zero-order chi connectivity index (χ0) is 17.1. The van der Waals surface area contributed by atoms with E-state index in [4.69, 9.17) is 4.74 Å². The summed E-state index contributed by atoms with van der Waals surface area (Å²) in [5, 5.41) is 24.3. The number of rotatable bonds is 5. The zero-order valence-electron chi connectivity index (χ0n) is 13.5. The van der Waals surface area contributed by atoms with Crippen molar-refractivity contribution in [2.24, 2.45) is 4.99 Å². The molecule has 2 fully saturated rings. The minimum absolute atomic E-state index is 0.190. The summed E-state index contributed by atoms with van der Waals surface area (Å²) in [6.45, 7) is 2.53. The molecular weight excluding hydrogens is 328 g/mol. The highest BCUT2D eigenvalue weighted by atomic mass is 32.2. The van der Waals surface area contributed by atoms with Crippen LogP contribution in [0, 0.1) is 0 Å². The highest BCUT2D eigenvalue weighted by Crippen LogP contribution is 2.34. The summed E-state index contributed by atoms with van der Waals surface area (Å²) in [4.78, 5) is 16.7. The van der Waals surface area contributed by atoms with E-state index in [0.29, 0.717) is 18.1 Å². The first kappa shape index (κ1) is 17.4. The monoisotopic (exact) mass is 350 g/mol. The van der Waals surface area contributed by atoms with Crippen molar-refractivity contribution in [1.82, 2.24) is 5.32 Å². The van der Waals surface area contributed by atoms with Crippen LogP contribution in [-0.4, -0.2) is 57.5 Å². The summed E-state index contributed by atoms with van der Waals surface area (Å²) in [5.41, 5.74) is 0.642. The zero-order valence-corrected chi connectivity index (χ0v) is 14.3. The van der Waals surface area contributed by atoms with E-state index in [1.807, 2.05) is 37.3 Å². The molecule has 2 saturated heterocycles. The lowest BCUT2D eigenvalue weighted by Crippen LogP contribution is -2.60. The number of benzene rings is 1. The number of ketones is 1. The number of ether oxygens (including phenoxy) is 1. The van der Waals surface area contributed by atoms with Crippen molar-refractivity contribution in [1.29, 1.82) is 0 Å². The van der Waals surface area contributed by atoms with Gasteiger partial charge in [0.1, 0.15) is 23.7 Å². The van der Waals surface area contributed by atoms with Crippen molar-refractivity contribution >= 4 is 22.7 Å². The van der Waals surface area contributed by atoms with Crippen molar-refractivity contribution in [2.45, 2.75) is 49.6 Å². The molecule has 2 aliphatic rings. The number of hydrogen-bond donors (Lipinski definition) is 3. The fraction of sp³-hybridized carbons (Fsp3) is 0.529. The topological polar surface area (TPSA) is 91.2 Å². The number of carbonyl (C=O) groups excluding carboxylic acids is 1. The normalized spacial score (nSPS) is 34.0. The maximum absolute atomic E-state index is 12.5. The Labute approximate surface area is 145 Å². The van der Waals surface area contributed by atoms with E-state index in [1.165, 1.54) is 11.8 Å². The number of aliphatic imine (C=N–C) groups is 1. The number of aliphatic hydroxyl groups excluding tert-OH is 2. The SMILES string of the molecule is CCN=C1N[C@@H]2[C@@H](O)[C@@H](O)[C@@H](C(=O)CCc3ccccc3)O[C@@H]2S1. The Morgan fingerprint density at radius 3 is 2.75 bits per heavy atom. The fourth-order valence-corrected chi connectivity index (χ4v) is 4.13. The molecule has 0 unspecified atom stereocenters. The van der Waals surface area contributed by atoms with Crippen molar-refractivity contribution < 1.29 is 19.7 Å². The summed E-state index contributed by atoms with van der Waals surface area (Å²) in [5.74, 6) is -0.190. The molecule has 3 rings (SSSR count). The fourth-order valence-electron chi connectivity index (χ4n) is 2.95. The van der Waals surface area contributed by atoms with E-state index < -0.39 is 29.8 Å².